The van der Waals surface area contributed by atoms with Crippen LogP contribution in [0.3, 0.4) is 0 Å². The first-order valence-corrected chi connectivity index (χ1v) is 4.85. The maximum atomic E-state index is 5.98. The van der Waals surface area contributed by atoms with Crippen LogP contribution in [-0.4, -0.2) is 12.8 Å². The van der Waals surface area contributed by atoms with E-state index in [0.29, 0.717) is 16.1 Å². The van der Waals surface area contributed by atoms with Crippen molar-refractivity contribution in [2.24, 2.45) is 0 Å². The second kappa shape index (κ2) is 3.01. The quantitative estimate of drug-likeness (QED) is 0.536. The molecule has 2 nitrogen and oxygen atoms in total. The molecule has 0 aliphatic carbocycles. The predicted molar refractivity (Wildman–Crippen MR) is 61.9 cm³/mol. The van der Waals surface area contributed by atoms with E-state index in [1.807, 2.05) is 18.2 Å². The van der Waals surface area contributed by atoms with Gasteiger partial charge >= 0.3 is 0 Å². The molecule has 0 atom stereocenters. The van der Waals surface area contributed by atoms with E-state index in [9.17, 15) is 0 Å². The van der Waals surface area contributed by atoms with Crippen molar-refractivity contribution in [1.82, 2.24) is 4.98 Å². The van der Waals surface area contributed by atoms with Crippen LogP contribution in [0.15, 0.2) is 35.0 Å². The highest BCUT2D eigenvalue weighted by Crippen LogP contribution is 2.30. The highest BCUT2D eigenvalue weighted by atomic mass is 35.5. The number of aromatic nitrogens is 1. The largest absolute Gasteiger partial charge is 0.454 e. The van der Waals surface area contributed by atoms with Gasteiger partial charge in [0.1, 0.15) is 18.5 Å². The lowest BCUT2D eigenvalue weighted by molar-refractivity contribution is 0.668. The molecule has 0 fully saturated rings. The Kier molecular flexibility index (Phi) is 1.76. The molecular formula is C11H5BClNO. The van der Waals surface area contributed by atoms with Gasteiger partial charge in [0.05, 0.1) is 0 Å². The zero-order valence-electron chi connectivity index (χ0n) is 7.70. The number of fused-ring (bicyclic) bond motifs is 3. The molecule has 0 bridgehead atoms. The molecule has 3 rings (SSSR count). The minimum Gasteiger partial charge on any atom is -0.454 e. The second-order valence-electron chi connectivity index (χ2n) is 3.32. The number of nitrogens with zero attached hydrogens (tertiary/aromatic N) is 1. The number of pyridine rings is 1. The van der Waals surface area contributed by atoms with Gasteiger partial charge in [-0.05, 0) is 6.07 Å². The van der Waals surface area contributed by atoms with Crippen LogP contribution in [0.5, 0.6) is 0 Å². The first-order valence-electron chi connectivity index (χ1n) is 4.47. The van der Waals surface area contributed by atoms with Gasteiger partial charge in [-0.2, -0.15) is 0 Å². The standard InChI is InChI=1S/C11H5BClNO/c12-7-2-1-3-9-10(7)6-4-14-5-8(13)11(6)15-9/h1-5H. The van der Waals surface area contributed by atoms with Crippen LogP contribution in [0.1, 0.15) is 0 Å². The zero-order chi connectivity index (χ0) is 10.4. The number of benzene rings is 1. The summed E-state index contributed by atoms with van der Waals surface area (Å²) in [4.78, 5) is 4.03. The minimum atomic E-state index is 0.503. The molecule has 4 heteroatoms. The lowest BCUT2D eigenvalue weighted by Gasteiger charge is -1.93. The van der Waals surface area contributed by atoms with Crippen LogP contribution in [0, 0.1) is 0 Å². The third-order valence-electron chi connectivity index (χ3n) is 2.39. The Hall–Kier alpha value is -1.48. The molecule has 0 aliphatic rings. The molecule has 2 heterocycles. The van der Waals surface area contributed by atoms with Gasteiger partial charge in [-0.15, -0.1) is 0 Å². The maximum Gasteiger partial charge on any atom is 0.157 e. The number of furan rings is 1. The molecule has 15 heavy (non-hydrogen) atoms. The summed E-state index contributed by atoms with van der Waals surface area (Å²) >= 11 is 5.98. The fourth-order valence-electron chi connectivity index (χ4n) is 1.74. The average molecular weight is 213 g/mol. The first kappa shape index (κ1) is 8.80. The third kappa shape index (κ3) is 1.16. The SMILES string of the molecule is [B]c1cccc2oc3c(Cl)cncc3c12. The van der Waals surface area contributed by atoms with Crippen LogP contribution in [0.25, 0.3) is 21.9 Å². The zero-order valence-corrected chi connectivity index (χ0v) is 8.45. The van der Waals surface area contributed by atoms with Gasteiger partial charge in [0.25, 0.3) is 0 Å². The van der Waals surface area contributed by atoms with Crippen molar-refractivity contribution in [3.63, 3.8) is 0 Å². The summed E-state index contributed by atoms with van der Waals surface area (Å²) in [5.74, 6) is 0. The van der Waals surface area contributed by atoms with E-state index in [0.717, 1.165) is 16.4 Å². The number of halogens is 1. The Morgan fingerprint density at radius 3 is 3.00 bits per heavy atom. The van der Waals surface area contributed by atoms with Crippen molar-refractivity contribution in [2.75, 3.05) is 0 Å². The molecule has 3 aromatic rings. The van der Waals surface area contributed by atoms with Gasteiger partial charge in [0.15, 0.2) is 5.58 Å². The number of hydrogen-bond acceptors (Lipinski definition) is 2. The summed E-state index contributed by atoms with van der Waals surface area (Å²) in [5.41, 5.74) is 2.05. The summed E-state index contributed by atoms with van der Waals surface area (Å²) in [5, 5.41) is 2.24. The van der Waals surface area contributed by atoms with E-state index < -0.39 is 0 Å². The fraction of sp³-hybridized carbons (Fsp3) is 0. The smallest absolute Gasteiger partial charge is 0.157 e. The van der Waals surface area contributed by atoms with E-state index in [1.54, 1.807) is 12.4 Å². The van der Waals surface area contributed by atoms with Crippen LogP contribution < -0.4 is 5.46 Å². The number of hydrogen-bond donors (Lipinski definition) is 0. The highest BCUT2D eigenvalue weighted by Gasteiger charge is 2.10. The molecule has 1 aromatic carbocycles. The molecule has 0 saturated carbocycles. The van der Waals surface area contributed by atoms with Crippen molar-refractivity contribution < 1.29 is 4.42 Å². The van der Waals surface area contributed by atoms with Crippen molar-refractivity contribution in [1.29, 1.82) is 0 Å². The topological polar surface area (TPSA) is 26.0 Å². The van der Waals surface area contributed by atoms with E-state index in [1.165, 1.54) is 0 Å². The number of rotatable bonds is 0. The molecule has 0 aliphatic heterocycles. The normalized spacial score (nSPS) is 11.3. The van der Waals surface area contributed by atoms with Crippen molar-refractivity contribution >= 4 is 46.8 Å². The molecule has 0 spiro atoms. The minimum absolute atomic E-state index is 0.503. The molecule has 70 valence electrons. The van der Waals surface area contributed by atoms with Gasteiger partial charge in [0.2, 0.25) is 0 Å². The van der Waals surface area contributed by atoms with Gasteiger partial charge in [-0.3, -0.25) is 4.98 Å². The van der Waals surface area contributed by atoms with Crippen LogP contribution in [0.2, 0.25) is 5.02 Å². The fourth-order valence-corrected chi connectivity index (χ4v) is 1.93. The van der Waals surface area contributed by atoms with E-state index in [-0.39, 0.29) is 0 Å². The van der Waals surface area contributed by atoms with E-state index in [4.69, 9.17) is 23.9 Å². The van der Waals surface area contributed by atoms with E-state index in [2.05, 4.69) is 4.98 Å². The Morgan fingerprint density at radius 2 is 2.13 bits per heavy atom. The van der Waals surface area contributed by atoms with E-state index >= 15 is 0 Å². The second-order valence-corrected chi connectivity index (χ2v) is 3.73. The Labute approximate surface area is 92.3 Å². The van der Waals surface area contributed by atoms with Gasteiger partial charge in [-0.25, -0.2) is 0 Å². The Bertz CT molecular complexity index is 662. The molecular weight excluding hydrogens is 208 g/mol. The Morgan fingerprint density at radius 1 is 1.27 bits per heavy atom. The molecule has 2 radical (unpaired) electrons. The summed E-state index contributed by atoms with van der Waals surface area (Å²) in [6, 6.07) is 5.54. The monoisotopic (exact) mass is 213 g/mol. The molecule has 0 N–H and O–H groups in total. The first-order chi connectivity index (χ1) is 7.27. The van der Waals surface area contributed by atoms with Gasteiger partial charge < -0.3 is 4.42 Å². The van der Waals surface area contributed by atoms with Gasteiger partial charge in [-0.1, -0.05) is 29.2 Å². The predicted octanol–water partition coefficient (Wildman–Crippen LogP) is 2.43. The van der Waals surface area contributed by atoms with Crippen molar-refractivity contribution in [2.45, 2.75) is 0 Å². The molecule has 0 unspecified atom stereocenters. The Balaban J connectivity index is 2.65. The summed E-state index contributed by atoms with van der Waals surface area (Å²) in [6.07, 6.45) is 3.27. The van der Waals surface area contributed by atoms with Crippen molar-refractivity contribution in [3.8, 4) is 0 Å². The molecule has 0 amide bonds. The van der Waals surface area contributed by atoms with Gasteiger partial charge in [0, 0.05) is 23.2 Å². The summed E-state index contributed by atoms with van der Waals surface area (Å²) < 4.78 is 5.61. The lowest BCUT2D eigenvalue weighted by Crippen LogP contribution is -2.01. The lowest BCUT2D eigenvalue weighted by atomic mass is 9.91. The van der Waals surface area contributed by atoms with Crippen LogP contribution >= 0.6 is 11.6 Å². The van der Waals surface area contributed by atoms with Crippen LogP contribution in [0.4, 0.5) is 0 Å². The maximum absolute atomic E-state index is 5.98. The van der Waals surface area contributed by atoms with Crippen LogP contribution in [-0.2, 0) is 0 Å². The summed E-state index contributed by atoms with van der Waals surface area (Å²) in [7, 11) is 5.89. The highest BCUT2D eigenvalue weighted by molar-refractivity contribution is 6.42. The average Bonchev–Trinajstić information content (AvgIpc) is 2.59. The van der Waals surface area contributed by atoms with Crippen molar-refractivity contribution in [3.05, 3.63) is 35.6 Å². The third-order valence-corrected chi connectivity index (χ3v) is 2.66. The molecule has 2 aromatic heterocycles. The summed E-state index contributed by atoms with van der Waals surface area (Å²) in [6.45, 7) is 0. The molecule has 0 saturated heterocycles.